The highest BCUT2D eigenvalue weighted by Gasteiger charge is 2.08. The molecule has 0 saturated heterocycles. The van der Waals surface area contributed by atoms with Crippen molar-refractivity contribution in [2.75, 3.05) is 0 Å². The summed E-state index contributed by atoms with van der Waals surface area (Å²) in [6.07, 6.45) is 2.21. The van der Waals surface area contributed by atoms with E-state index >= 15 is 0 Å². The van der Waals surface area contributed by atoms with Gasteiger partial charge in [0, 0.05) is 24.2 Å². The van der Waals surface area contributed by atoms with Crippen LogP contribution < -0.4 is 0 Å². The SMILES string of the molecule is Cc1ccnc(CC(=O)C(C)C)c1. The van der Waals surface area contributed by atoms with E-state index in [1.165, 1.54) is 0 Å². The van der Waals surface area contributed by atoms with Crippen molar-refractivity contribution in [3.8, 4) is 0 Å². The molecule has 13 heavy (non-hydrogen) atoms. The third-order valence-corrected chi connectivity index (χ3v) is 1.97. The summed E-state index contributed by atoms with van der Waals surface area (Å²) in [7, 11) is 0. The summed E-state index contributed by atoms with van der Waals surface area (Å²) in [5, 5.41) is 0. The largest absolute Gasteiger partial charge is 0.299 e. The van der Waals surface area contributed by atoms with Crippen LogP contribution in [0.5, 0.6) is 0 Å². The number of aromatic nitrogens is 1. The van der Waals surface area contributed by atoms with Gasteiger partial charge in [-0.05, 0) is 24.6 Å². The van der Waals surface area contributed by atoms with Gasteiger partial charge >= 0.3 is 0 Å². The Kier molecular flexibility index (Phi) is 3.18. The van der Waals surface area contributed by atoms with Crippen molar-refractivity contribution < 1.29 is 4.79 Å². The van der Waals surface area contributed by atoms with Crippen molar-refractivity contribution in [3.63, 3.8) is 0 Å². The van der Waals surface area contributed by atoms with E-state index in [1.807, 2.05) is 32.9 Å². The fourth-order valence-electron chi connectivity index (χ4n) is 1.08. The molecule has 2 nitrogen and oxygen atoms in total. The minimum atomic E-state index is 0.0994. The number of nitrogens with zero attached hydrogens (tertiary/aromatic N) is 1. The van der Waals surface area contributed by atoms with Crippen LogP contribution in [0.2, 0.25) is 0 Å². The fraction of sp³-hybridized carbons (Fsp3) is 0.455. The molecular formula is C11H15NO. The Labute approximate surface area is 79.0 Å². The van der Waals surface area contributed by atoms with Gasteiger partial charge in [-0.3, -0.25) is 9.78 Å². The van der Waals surface area contributed by atoms with Crippen LogP contribution in [-0.4, -0.2) is 10.8 Å². The van der Waals surface area contributed by atoms with Gasteiger partial charge in [-0.2, -0.15) is 0 Å². The van der Waals surface area contributed by atoms with Crippen LogP contribution in [0, 0.1) is 12.8 Å². The predicted octanol–water partition coefficient (Wildman–Crippen LogP) is 2.16. The van der Waals surface area contributed by atoms with E-state index in [0.29, 0.717) is 6.42 Å². The Hall–Kier alpha value is -1.18. The molecule has 0 atom stereocenters. The number of carbonyl (C=O) groups excluding carboxylic acids is 1. The highest BCUT2D eigenvalue weighted by molar-refractivity contribution is 5.82. The topological polar surface area (TPSA) is 30.0 Å². The molecule has 0 saturated carbocycles. The lowest BCUT2D eigenvalue weighted by Gasteiger charge is -2.03. The molecule has 0 bridgehead atoms. The molecule has 0 aliphatic rings. The molecular weight excluding hydrogens is 162 g/mol. The molecule has 0 N–H and O–H groups in total. The molecule has 1 heterocycles. The van der Waals surface area contributed by atoms with Gasteiger partial charge in [0.1, 0.15) is 5.78 Å². The first-order valence-corrected chi connectivity index (χ1v) is 4.54. The molecule has 1 aromatic rings. The Balaban J connectivity index is 2.69. The van der Waals surface area contributed by atoms with Gasteiger partial charge in [0.2, 0.25) is 0 Å². The number of pyridine rings is 1. The van der Waals surface area contributed by atoms with Crippen LogP contribution in [0.3, 0.4) is 0 Å². The van der Waals surface area contributed by atoms with Crippen molar-refractivity contribution in [2.24, 2.45) is 5.92 Å². The Morgan fingerprint density at radius 3 is 2.77 bits per heavy atom. The van der Waals surface area contributed by atoms with Crippen LogP contribution in [-0.2, 0) is 11.2 Å². The number of rotatable bonds is 3. The van der Waals surface area contributed by atoms with E-state index in [1.54, 1.807) is 6.20 Å². The number of hydrogen-bond acceptors (Lipinski definition) is 2. The quantitative estimate of drug-likeness (QED) is 0.708. The summed E-state index contributed by atoms with van der Waals surface area (Å²) >= 11 is 0. The van der Waals surface area contributed by atoms with Crippen LogP contribution in [0.15, 0.2) is 18.3 Å². The molecule has 0 aliphatic carbocycles. The van der Waals surface area contributed by atoms with Crippen molar-refractivity contribution in [1.82, 2.24) is 4.98 Å². The van der Waals surface area contributed by atoms with Gasteiger partial charge in [-0.15, -0.1) is 0 Å². The van der Waals surface area contributed by atoms with Gasteiger partial charge in [0.25, 0.3) is 0 Å². The zero-order chi connectivity index (χ0) is 9.84. The summed E-state index contributed by atoms with van der Waals surface area (Å²) in [5.41, 5.74) is 2.03. The second-order valence-electron chi connectivity index (χ2n) is 3.62. The maximum Gasteiger partial charge on any atom is 0.141 e. The average Bonchev–Trinajstić information content (AvgIpc) is 2.04. The van der Waals surface area contributed by atoms with Gasteiger partial charge in [-0.1, -0.05) is 13.8 Å². The average molecular weight is 177 g/mol. The van der Waals surface area contributed by atoms with Gasteiger partial charge in [0.15, 0.2) is 0 Å². The van der Waals surface area contributed by atoms with Crippen molar-refractivity contribution in [2.45, 2.75) is 27.2 Å². The van der Waals surface area contributed by atoms with E-state index < -0.39 is 0 Å². The number of ketones is 1. The molecule has 70 valence electrons. The molecule has 2 heteroatoms. The number of carbonyl (C=O) groups is 1. The lowest BCUT2D eigenvalue weighted by molar-refractivity contribution is -0.121. The zero-order valence-electron chi connectivity index (χ0n) is 8.37. The smallest absolute Gasteiger partial charge is 0.141 e. The molecule has 0 fully saturated rings. The monoisotopic (exact) mass is 177 g/mol. The predicted molar refractivity (Wildman–Crippen MR) is 52.5 cm³/mol. The van der Waals surface area contributed by atoms with Gasteiger partial charge in [0.05, 0.1) is 0 Å². The van der Waals surface area contributed by atoms with Crippen LogP contribution in [0.25, 0.3) is 0 Å². The molecule has 0 aromatic carbocycles. The second-order valence-corrected chi connectivity index (χ2v) is 3.62. The van der Waals surface area contributed by atoms with Crippen molar-refractivity contribution >= 4 is 5.78 Å². The number of Topliss-reactive ketones (excluding diaryl/α,β-unsaturated/α-hetero) is 1. The minimum absolute atomic E-state index is 0.0994. The second kappa shape index (κ2) is 4.17. The Morgan fingerprint density at radius 1 is 1.54 bits per heavy atom. The standard InChI is InChI=1S/C11H15NO/c1-8(2)11(13)7-10-6-9(3)4-5-12-10/h4-6,8H,7H2,1-3H3. The van der Waals surface area contributed by atoms with E-state index in [9.17, 15) is 4.79 Å². The van der Waals surface area contributed by atoms with Crippen molar-refractivity contribution in [1.29, 1.82) is 0 Å². The summed E-state index contributed by atoms with van der Waals surface area (Å²) in [6.45, 7) is 5.83. The summed E-state index contributed by atoms with van der Waals surface area (Å²) in [6, 6.07) is 3.89. The Bertz CT molecular complexity index is 305. The zero-order valence-corrected chi connectivity index (χ0v) is 8.37. The summed E-state index contributed by atoms with van der Waals surface area (Å²) in [5.74, 6) is 0.348. The minimum Gasteiger partial charge on any atom is -0.299 e. The molecule has 1 aromatic heterocycles. The molecule has 0 amide bonds. The maximum atomic E-state index is 11.4. The number of aryl methyl sites for hydroxylation is 1. The molecule has 1 rings (SSSR count). The molecule has 0 radical (unpaired) electrons. The highest BCUT2D eigenvalue weighted by Crippen LogP contribution is 2.04. The lowest BCUT2D eigenvalue weighted by Crippen LogP contribution is -2.11. The summed E-state index contributed by atoms with van der Waals surface area (Å²) < 4.78 is 0. The first kappa shape index (κ1) is 9.90. The van der Waals surface area contributed by atoms with Crippen LogP contribution >= 0.6 is 0 Å². The van der Waals surface area contributed by atoms with E-state index in [4.69, 9.17) is 0 Å². The normalized spacial score (nSPS) is 10.5. The molecule has 0 aliphatic heterocycles. The van der Waals surface area contributed by atoms with Crippen LogP contribution in [0.1, 0.15) is 25.1 Å². The van der Waals surface area contributed by atoms with Crippen LogP contribution in [0.4, 0.5) is 0 Å². The van der Waals surface area contributed by atoms with E-state index in [-0.39, 0.29) is 11.7 Å². The molecule has 0 spiro atoms. The first-order chi connectivity index (χ1) is 6.09. The van der Waals surface area contributed by atoms with E-state index in [2.05, 4.69) is 4.98 Å². The highest BCUT2D eigenvalue weighted by atomic mass is 16.1. The first-order valence-electron chi connectivity index (χ1n) is 4.54. The Morgan fingerprint density at radius 2 is 2.23 bits per heavy atom. The lowest BCUT2D eigenvalue weighted by atomic mass is 10.0. The third kappa shape index (κ3) is 2.98. The fourth-order valence-corrected chi connectivity index (χ4v) is 1.08. The van der Waals surface area contributed by atoms with Gasteiger partial charge in [-0.25, -0.2) is 0 Å². The van der Waals surface area contributed by atoms with Crippen molar-refractivity contribution in [3.05, 3.63) is 29.6 Å². The van der Waals surface area contributed by atoms with E-state index in [0.717, 1.165) is 11.3 Å². The number of hydrogen-bond donors (Lipinski definition) is 0. The third-order valence-electron chi connectivity index (χ3n) is 1.97. The maximum absolute atomic E-state index is 11.4. The summed E-state index contributed by atoms with van der Waals surface area (Å²) in [4.78, 5) is 15.5. The molecule has 0 unspecified atom stereocenters. The van der Waals surface area contributed by atoms with Gasteiger partial charge < -0.3 is 0 Å².